The van der Waals surface area contributed by atoms with Crippen LogP contribution in [0.4, 0.5) is 0 Å². The minimum absolute atomic E-state index is 0. The second-order valence-corrected chi connectivity index (χ2v) is 6.82. The van der Waals surface area contributed by atoms with Gasteiger partial charge in [-0.3, -0.25) is 4.79 Å². The van der Waals surface area contributed by atoms with Crippen LogP contribution in [0.15, 0.2) is 0 Å². The Hall–Kier alpha value is -0.280. The lowest BCUT2D eigenvalue weighted by molar-refractivity contribution is -0.143. The van der Waals surface area contributed by atoms with Crippen molar-refractivity contribution in [3.63, 3.8) is 0 Å². The van der Waals surface area contributed by atoms with E-state index in [-0.39, 0.29) is 18.3 Å². The molecule has 0 spiro atoms. The highest BCUT2D eigenvalue weighted by Crippen LogP contribution is 2.39. The van der Waals surface area contributed by atoms with E-state index >= 15 is 0 Å². The number of nitrogens with two attached hydrogens (primary N) is 1. The van der Waals surface area contributed by atoms with E-state index in [4.69, 9.17) is 5.73 Å². The van der Waals surface area contributed by atoms with Crippen LogP contribution < -0.4 is 5.73 Å². The fourth-order valence-electron chi connectivity index (χ4n) is 4.76. The van der Waals surface area contributed by atoms with Gasteiger partial charge >= 0.3 is 0 Å². The molecular formula is C16H29ClN2O. The van der Waals surface area contributed by atoms with E-state index in [0.29, 0.717) is 24.4 Å². The summed E-state index contributed by atoms with van der Waals surface area (Å²) in [4.78, 5) is 15.2. The average molecular weight is 301 g/mol. The maximum absolute atomic E-state index is 12.9. The van der Waals surface area contributed by atoms with Crippen LogP contribution in [0.25, 0.3) is 0 Å². The van der Waals surface area contributed by atoms with E-state index in [1.807, 2.05) is 0 Å². The van der Waals surface area contributed by atoms with Crippen LogP contribution >= 0.6 is 12.4 Å². The first-order chi connectivity index (χ1) is 9.31. The largest absolute Gasteiger partial charge is 0.339 e. The fourth-order valence-corrected chi connectivity index (χ4v) is 4.76. The van der Waals surface area contributed by atoms with Crippen molar-refractivity contribution in [3.05, 3.63) is 0 Å². The smallest absolute Gasteiger partial charge is 0.226 e. The van der Waals surface area contributed by atoms with Crippen LogP contribution in [-0.2, 0) is 4.79 Å². The minimum atomic E-state index is 0. The molecule has 116 valence electrons. The summed E-state index contributed by atoms with van der Waals surface area (Å²) in [6.07, 6.45) is 11.3. The Labute approximate surface area is 129 Å². The van der Waals surface area contributed by atoms with Crippen LogP contribution in [0.5, 0.6) is 0 Å². The van der Waals surface area contributed by atoms with Gasteiger partial charge in [-0.25, -0.2) is 0 Å². The summed E-state index contributed by atoms with van der Waals surface area (Å²) >= 11 is 0. The van der Waals surface area contributed by atoms with Crippen LogP contribution in [0.2, 0.25) is 0 Å². The summed E-state index contributed by atoms with van der Waals surface area (Å²) in [6.45, 7) is 1.70. The number of hydrogen-bond acceptors (Lipinski definition) is 2. The Balaban J connectivity index is 0.00000147. The molecule has 3 aliphatic rings. The van der Waals surface area contributed by atoms with Gasteiger partial charge in [-0.2, -0.15) is 0 Å². The van der Waals surface area contributed by atoms with Crippen molar-refractivity contribution < 1.29 is 4.79 Å². The molecule has 3 fully saturated rings. The zero-order chi connectivity index (χ0) is 13.2. The molecule has 2 N–H and O–H groups in total. The van der Waals surface area contributed by atoms with Gasteiger partial charge in [-0.1, -0.05) is 19.3 Å². The van der Waals surface area contributed by atoms with Gasteiger partial charge in [-0.05, 0) is 56.9 Å². The van der Waals surface area contributed by atoms with E-state index in [9.17, 15) is 4.79 Å². The third kappa shape index (κ3) is 2.99. The van der Waals surface area contributed by atoms with Crippen molar-refractivity contribution in [2.75, 3.05) is 13.1 Å². The van der Waals surface area contributed by atoms with Crippen molar-refractivity contribution in [1.29, 1.82) is 0 Å². The van der Waals surface area contributed by atoms with Crippen LogP contribution in [0.1, 0.15) is 57.8 Å². The van der Waals surface area contributed by atoms with Gasteiger partial charge in [0, 0.05) is 18.5 Å². The Morgan fingerprint density at radius 2 is 1.75 bits per heavy atom. The molecule has 2 aliphatic carbocycles. The van der Waals surface area contributed by atoms with Gasteiger partial charge in [0.05, 0.1) is 0 Å². The van der Waals surface area contributed by atoms with Crippen molar-refractivity contribution in [1.82, 2.24) is 4.90 Å². The third-order valence-electron chi connectivity index (χ3n) is 5.81. The molecule has 4 atom stereocenters. The second kappa shape index (κ2) is 7.13. The van der Waals surface area contributed by atoms with E-state index in [1.54, 1.807) is 0 Å². The Bertz CT molecular complexity index is 334. The maximum atomic E-state index is 12.9. The zero-order valence-electron chi connectivity index (χ0n) is 12.4. The molecule has 4 heteroatoms. The zero-order valence-corrected chi connectivity index (χ0v) is 13.2. The summed E-state index contributed by atoms with van der Waals surface area (Å²) in [5.74, 6) is 1.94. The Morgan fingerprint density at radius 3 is 2.55 bits per heavy atom. The number of likely N-dealkylation sites (tertiary alicyclic amines) is 1. The van der Waals surface area contributed by atoms with E-state index < -0.39 is 0 Å². The molecule has 1 saturated heterocycles. The maximum Gasteiger partial charge on any atom is 0.226 e. The molecule has 0 bridgehead atoms. The van der Waals surface area contributed by atoms with Crippen LogP contribution in [-0.4, -0.2) is 29.9 Å². The highest BCUT2D eigenvalue weighted by Gasteiger charge is 2.41. The van der Waals surface area contributed by atoms with Crippen molar-refractivity contribution >= 4 is 18.3 Å². The predicted molar refractivity (Wildman–Crippen MR) is 83.8 cm³/mol. The molecule has 3 rings (SSSR count). The lowest BCUT2D eigenvalue weighted by atomic mass is 9.77. The molecule has 20 heavy (non-hydrogen) atoms. The lowest BCUT2D eigenvalue weighted by Crippen LogP contribution is -2.52. The molecular weight excluding hydrogens is 272 g/mol. The Morgan fingerprint density at radius 1 is 1.00 bits per heavy atom. The first-order valence-corrected chi connectivity index (χ1v) is 8.32. The number of fused-ring (bicyclic) bond motifs is 1. The van der Waals surface area contributed by atoms with Crippen molar-refractivity contribution in [2.45, 2.75) is 63.8 Å². The summed E-state index contributed by atoms with van der Waals surface area (Å²) in [6, 6.07) is 0.564. The number of carbonyl (C=O) groups is 1. The molecule has 0 aromatic rings. The molecule has 0 aromatic heterocycles. The van der Waals surface area contributed by atoms with Crippen molar-refractivity contribution in [2.24, 2.45) is 23.5 Å². The summed E-state index contributed by atoms with van der Waals surface area (Å²) in [7, 11) is 0. The van der Waals surface area contributed by atoms with Gasteiger partial charge in [0.2, 0.25) is 5.91 Å². The number of rotatable bonds is 2. The van der Waals surface area contributed by atoms with E-state index in [2.05, 4.69) is 4.90 Å². The molecule has 1 heterocycles. The molecule has 1 aliphatic heterocycles. The molecule has 2 saturated carbocycles. The van der Waals surface area contributed by atoms with Crippen LogP contribution in [0.3, 0.4) is 0 Å². The standard InChI is InChI=1S/C16H28N2O.ClH/c17-11-13-6-3-8-14(13)16(19)18-10-4-7-12-5-1-2-9-15(12)18;/h12-15H,1-11,17H2;1H/t12?,13-,14-,15?;/m1./s1. The van der Waals surface area contributed by atoms with Gasteiger partial charge < -0.3 is 10.6 Å². The Kier molecular flexibility index (Phi) is 5.74. The normalized spacial score (nSPS) is 37.1. The molecule has 0 radical (unpaired) electrons. The van der Waals surface area contributed by atoms with Crippen LogP contribution in [0, 0.1) is 17.8 Å². The monoisotopic (exact) mass is 300 g/mol. The number of carbonyl (C=O) groups excluding carboxylic acids is 1. The van der Waals surface area contributed by atoms with Gasteiger partial charge in [0.1, 0.15) is 0 Å². The topological polar surface area (TPSA) is 46.3 Å². The van der Waals surface area contributed by atoms with Crippen molar-refractivity contribution in [3.8, 4) is 0 Å². The summed E-state index contributed by atoms with van der Waals surface area (Å²) < 4.78 is 0. The first-order valence-electron chi connectivity index (χ1n) is 8.32. The highest BCUT2D eigenvalue weighted by molar-refractivity contribution is 5.85. The number of hydrogen-bond donors (Lipinski definition) is 1. The predicted octanol–water partition coefficient (Wildman–Crippen LogP) is 2.96. The summed E-state index contributed by atoms with van der Waals surface area (Å²) in [5.41, 5.74) is 5.85. The molecule has 3 nitrogen and oxygen atoms in total. The number of piperidine rings is 1. The third-order valence-corrected chi connectivity index (χ3v) is 5.81. The first kappa shape index (κ1) is 16.1. The molecule has 2 unspecified atom stereocenters. The highest BCUT2D eigenvalue weighted by atomic mass is 35.5. The number of amides is 1. The SMILES string of the molecule is Cl.NC[C@H]1CCC[C@H]1C(=O)N1CCCC2CCCCC21. The average Bonchev–Trinajstić information content (AvgIpc) is 2.94. The minimum Gasteiger partial charge on any atom is -0.339 e. The molecule has 0 aromatic carbocycles. The van der Waals surface area contributed by atoms with Gasteiger partial charge in [0.25, 0.3) is 0 Å². The fraction of sp³-hybridized carbons (Fsp3) is 0.938. The molecule has 1 amide bonds. The quantitative estimate of drug-likeness (QED) is 0.852. The summed E-state index contributed by atoms with van der Waals surface area (Å²) in [5, 5.41) is 0. The second-order valence-electron chi connectivity index (χ2n) is 6.82. The lowest BCUT2D eigenvalue weighted by Gasteiger charge is -2.45. The number of nitrogens with zero attached hydrogens (tertiary/aromatic N) is 1. The van der Waals surface area contributed by atoms with E-state index in [0.717, 1.165) is 25.3 Å². The van der Waals surface area contributed by atoms with E-state index in [1.165, 1.54) is 44.9 Å². The number of halogens is 1. The van der Waals surface area contributed by atoms with Gasteiger partial charge in [-0.15, -0.1) is 12.4 Å². The van der Waals surface area contributed by atoms with Gasteiger partial charge in [0.15, 0.2) is 0 Å².